The summed E-state index contributed by atoms with van der Waals surface area (Å²) in [4.78, 5) is 42.2. The molecule has 2 N–H and O–H groups in total. The Morgan fingerprint density at radius 1 is 1.39 bits per heavy atom. The molecule has 1 saturated heterocycles. The van der Waals surface area contributed by atoms with E-state index in [0.717, 1.165) is 12.8 Å². The van der Waals surface area contributed by atoms with Crippen molar-refractivity contribution in [3.8, 4) is 0 Å². The quantitative estimate of drug-likeness (QED) is 0.830. The lowest BCUT2D eigenvalue weighted by Crippen LogP contribution is -2.51. The number of imidazole rings is 1. The third-order valence-electron chi connectivity index (χ3n) is 4.05. The number of carbonyl (C=O) groups is 2. The van der Waals surface area contributed by atoms with Gasteiger partial charge in [-0.25, -0.2) is 19.7 Å². The Kier molecular flexibility index (Phi) is 4.09. The molecule has 0 spiro atoms. The van der Waals surface area contributed by atoms with Crippen LogP contribution in [0.3, 0.4) is 0 Å². The lowest BCUT2D eigenvalue weighted by Gasteiger charge is -2.34. The Bertz CT molecular complexity index is 730. The SMILES string of the molecule is CN(CC(=O)N1CCCCC1C(=O)O)c1ncnc2nc[nH]c12. The third-order valence-corrected chi connectivity index (χ3v) is 4.05. The van der Waals surface area contributed by atoms with Gasteiger partial charge in [0.05, 0.1) is 12.9 Å². The predicted molar refractivity (Wildman–Crippen MR) is 81.9 cm³/mol. The summed E-state index contributed by atoms with van der Waals surface area (Å²) >= 11 is 0. The van der Waals surface area contributed by atoms with Crippen LogP contribution in [0.2, 0.25) is 0 Å². The first-order valence-electron chi connectivity index (χ1n) is 7.45. The monoisotopic (exact) mass is 318 g/mol. The fraction of sp³-hybridized carbons (Fsp3) is 0.500. The van der Waals surface area contributed by atoms with Crippen molar-refractivity contribution in [1.29, 1.82) is 0 Å². The second kappa shape index (κ2) is 6.19. The van der Waals surface area contributed by atoms with Gasteiger partial charge in [0.15, 0.2) is 11.5 Å². The Morgan fingerprint density at radius 3 is 3.00 bits per heavy atom. The van der Waals surface area contributed by atoms with Gasteiger partial charge in [-0.3, -0.25) is 4.79 Å². The molecule has 2 aromatic heterocycles. The van der Waals surface area contributed by atoms with Crippen LogP contribution in [0, 0.1) is 0 Å². The molecule has 9 heteroatoms. The Labute approximate surface area is 132 Å². The number of nitrogens with one attached hydrogen (secondary N) is 1. The normalized spacial score (nSPS) is 18.1. The van der Waals surface area contributed by atoms with Crippen LogP contribution in [-0.2, 0) is 9.59 Å². The molecule has 1 aliphatic heterocycles. The third kappa shape index (κ3) is 2.94. The lowest BCUT2D eigenvalue weighted by atomic mass is 10.0. The van der Waals surface area contributed by atoms with Gasteiger partial charge in [-0.15, -0.1) is 0 Å². The van der Waals surface area contributed by atoms with E-state index in [1.807, 2.05) is 0 Å². The highest BCUT2D eigenvalue weighted by Gasteiger charge is 2.32. The largest absolute Gasteiger partial charge is 0.480 e. The van der Waals surface area contributed by atoms with E-state index in [9.17, 15) is 14.7 Å². The van der Waals surface area contributed by atoms with Crippen molar-refractivity contribution in [1.82, 2.24) is 24.8 Å². The summed E-state index contributed by atoms with van der Waals surface area (Å²) in [5, 5.41) is 9.28. The predicted octanol–water partition coefficient (Wildman–Crippen LogP) is 0.255. The zero-order chi connectivity index (χ0) is 16.4. The number of piperidine rings is 1. The molecule has 23 heavy (non-hydrogen) atoms. The van der Waals surface area contributed by atoms with E-state index >= 15 is 0 Å². The minimum absolute atomic E-state index is 0.0505. The number of likely N-dealkylation sites (tertiary alicyclic amines) is 1. The maximum atomic E-state index is 12.5. The first-order chi connectivity index (χ1) is 11.1. The van der Waals surface area contributed by atoms with Gasteiger partial charge in [0, 0.05) is 13.6 Å². The molecule has 1 atom stereocenters. The Morgan fingerprint density at radius 2 is 2.22 bits per heavy atom. The van der Waals surface area contributed by atoms with Crippen molar-refractivity contribution in [3.05, 3.63) is 12.7 Å². The summed E-state index contributed by atoms with van der Waals surface area (Å²) in [6.45, 7) is 0.530. The molecule has 0 aromatic carbocycles. The molecule has 122 valence electrons. The zero-order valence-electron chi connectivity index (χ0n) is 12.8. The van der Waals surface area contributed by atoms with Gasteiger partial charge in [0.1, 0.15) is 17.9 Å². The van der Waals surface area contributed by atoms with Gasteiger partial charge >= 0.3 is 5.97 Å². The van der Waals surface area contributed by atoms with E-state index in [1.165, 1.54) is 17.6 Å². The summed E-state index contributed by atoms with van der Waals surface area (Å²) < 4.78 is 0. The molecule has 1 aliphatic rings. The number of aliphatic carboxylic acids is 1. The van der Waals surface area contributed by atoms with E-state index in [-0.39, 0.29) is 12.5 Å². The number of anilines is 1. The maximum Gasteiger partial charge on any atom is 0.326 e. The highest BCUT2D eigenvalue weighted by atomic mass is 16.4. The first-order valence-corrected chi connectivity index (χ1v) is 7.45. The van der Waals surface area contributed by atoms with Crippen LogP contribution in [0.15, 0.2) is 12.7 Å². The molecule has 3 rings (SSSR count). The number of H-pyrrole nitrogens is 1. The number of carbonyl (C=O) groups excluding carboxylic acids is 1. The van der Waals surface area contributed by atoms with Gasteiger partial charge in [-0.05, 0) is 19.3 Å². The standard InChI is InChI=1S/C14H18N6O3/c1-19(13-11-12(16-7-15-11)17-8-18-13)6-10(21)20-5-3-2-4-9(20)14(22)23/h7-9H,2-6H2,1H3,(H,22,23)(H,15,16,17,18). The summed E-state index contributed by atoms with van der Waals surface area (Å²) in [5.41, 5.74) is 1.17. The number of hydrogen-bond donors (Lipinski definition) is 2. The smallest absolute Gasteiger partial charge is 0.326 e. The minimum atomic E-state index is -0.946. The molecule has 0 aliphatic carbocycles. The first kappa shape index (κ1) is 15.2. The number of hydrogen-bond acceptors (Lipinski definition) is 6. The molecule has 1 fully saturated rings. The number of carboxylic acid groups (broad SMARTS) is 1. The van der Waals surface area contributed by atoms with Crippen LogP contribution in [0.25, 0.3) is 11.2 Å². The van der Waals surface area contributed by atoms with Crippen molar-refractivity contribution in [2.45, 2.75) is 25.3 Å². The summed E-state index contributed by atoms with van der Waals surface area (Å²) in [7, 11) is 1.74. The van der Waals surface area contributed by atoms with E-state index in [4.69, 9.17) is 0 Å². The summed E-state index contributed by atoms with van der Waals surface area (Å²) in [5.74, 6) is -0.602. The number of nitrogens with zero attached hydrogens (tertiary/aromatic N) is 5. The Balaban J connectivity index is 1.76. The minimum Gasteiger partial charge on any atom is -0.480 e. The van der Waals surface area contributed by atoms with Crippen LogP contribution < -0.4 is 4.90 Å². The van der Waals surface area contributed by atoms with Gasteiger partial charge in [0.25, 0.3) is 0 Å². The molecular weight excluding hydrogens is 300 g/mol. The van der Waals surface area contributed by atoms with Crippen molar-refractivity contribution >= 4 is 28.9 Å². The van der Waals surface area contributed by atoms with Crippen molar-refractivity contribution < 1.29 is 14.7 Å². The van der Waals surface area contributed by atoms with Crippen LogP contribution in [0.5, 0.6) is 0 Å². The van der Waals surface area contributed by atoms with Crippen LogP contribution in [0.1, 0.15) is 19.3 Å². The second-order valence-electron chi connectivity index (χ2n) is 5.59. The topological polar surface area (TPSA) is 115 Å². The molecule has 0 saturated carbocycles. The van der Waals surface area contributed by atoms with E-state index in [0.29, 0.717) is 29.9 Å². The molecule has 1 amide bonds. The average molecular weight is 318 g/mol. The number of aromatic nitrogens is 4. The molecule has 3 heterocycles. The van der Waals surface area contributed by atoms with Gasteiger partial charge < -0.3 is 19.9 Å². The number of amides is 1. The molecule has 1 unspecified atom stereocenters. The number of aromatic amines is 1. The van der Waals surface area contributed by atoms with Gasteiger partial charge in [-0.1, -0.05) is 0 Å². The molecule has 0 bridgehead atoms. The zero-order valence-corrected chi connectivity index (χ0v) is 12.8. The molecule has 9 nitrogen and oxygen atoms in total. The van der Waals surface area contributed by atoms with E-state index < -0.39 is 12.0 Å². The van der Waals surface area contributed by atoms with Crippen LogP contribution in [-0.4, -0.2) is 68.0 Å². The van der Waals surface area contributed by atoms with Crippen molar-refractivity contribution in [2.75, 3.05) is 25.0 Å². The number of carboxylic acids is 1. The Hall–Kier alpha value is -2.71. The number of rotatable bonds is 4. The average Bonchev–Trinajstić information content (AvgIpc) is 3.03. The fourth-order valence-electron chi connectivity index (χ4n) is 2.90. The fourth-order valence-corrected chi connectivity index (χ4v) is 2.90. The highest BCUT2D eigenvalue weighted by Crippen LogP contribution is 2.20. The van der Waals surface area contributed by atoms with Gasteiger partial charge in [0.2, 0.25) is 5.91 Å². The molecule has 2 aromatic rings. The van der Waals surface area contributed by atoms with Crippen molar-refractivity contribution in [2.24, 2.45) is 0 Å². The summed E-state index contributed by atoms with van der Waals surface area (Å²) in [6, 6.07) is -0.734. The van der Waals surface area contributed by atoms with Gasteiger partial charge in [-0.2, -0.15) is 0 Å². The number of likely N-dealkylation sites (N-methyl/N-ethyl adjacent to an activating group) is 1. The van der Waals surface area contributed by atoms with E-state index in [1.54, 1.807) is 11.9 Å². The van der Waals surface area contributed by atoms with Crippen molar-refractivity contribution in [3.63, 3.8) is 0 Å². The molecular formula is C14H18N6O3. The van der Waals surface area contributed by atoms with Crippen LogP contribution >= 0.6 is 0 Å². The van der Waals surface area contributed by atoms with E-state index in [2.05, 4.69) is 19.9 Å². The van der Waals surface area contributed by atoms with Crippen LogP contribution in [0.4, 0.5) is 5.82 Å². The summed E-state index contributed by atoms with van der Waals surface area (Å²) in [6.07, 6.45) is 5.07. The molecule has 0 radical (unpaired) electrons. The second-order valence-corrected chi connectivity index (χ2v) is 5.59. The number of fused-ring (bicyclic) bond motifs is 1. The lowest BCUT2D eigenvalue weighted by molar-refractivity contribution is -0.151. The maximum absolute atomic E-state index is 12.5. The highest BCUT2D eigenvalue weighted by molar-refractivity contribution is 5.89.